The van der Waals surface area contributed by atoms with Crippen molar-refractivity contribution in [2.45, 2.75) is 58.7 Å². The lowest BCUT2D eigenvalue weighted by Crippen LogP contribution is -2.48. The van der Waals surface area contributed by atoms with Gasteiger partial charge in [0.25, 0.3) is 0 Å². The second-order valence-electron chi connectivity index (χ2n) is 9.06. The minimum absolute atomic E-state index is 0.0666. The van der Waals surface area contributed by atoms with Crippen LogP contribution in [-0.2, 0) is 57.0 Å². The zero-order valence-electron chi connectivity index (χ0n) is 26.7. The molecule has 3 amide bonds. The third kappa shape index (κ3) is 27.3. The van der Waals surface area contributed by atoms with Crippen LogP contribution in [0.25, 0.3) is 0 Å². The van der Waals surface area contributed by atoms with E-state index in [4.69, 9.17) is 42.6 Å². The Hall–Kier alpha value is -1.95. The van der Waals surface area contributed by atoms with Gasteiger partial charge >= 0.3 is 0 Å². The molecule has 3 N–H and O–H groups in total. The van der Waals surface area contributed by atoms with Gasteiger partial charge in [0, 0.05) is 46.8 Å². The van der Waals surface area contributed by atoms with Crippen LogP contribution in [0.4, 0.5) is 0 Å². The molecule has 0 aliphatic heterocycles. The fraction of sp³-hybridized carbons (Fsp3) is 0.893. The highest BCUT2D eigenvalue weighted by Crippen LogP contribution is 2.00. The molecular weight excluding hydrogens is 570 g/mol. The molecule has 254 valence electrons. The number of nitrogens with one attached hydrogen (secondary N) is 3. The van der Waals surface area contributed by atoms with Crippen LogP contribution in [0.3, 0.4) is 0 Å². The van der Waals surface area contributed by atoms with E-state index in [1.165, 1.54) is 0 Å². The first kappa shape index (κ1) is 41.0. The predicted molar refractivity (Wildman–Crippen MR) is 156 cm³/mol. The number of ether oxygens (including phenoxy) is 9. The topological polar surface area (TPSA) is 170 Å². The largest absolute Gasteiger partial charge is 0.382 e. The van der Waals surface area contributed by atoms with Crippen molar-refractivity contribution in [3.63, 3.8) is 0 Å². The van der Waals surface area contributed by atoms with Gasteiger partial charge in [0.2, 0.25) is 17.7 Å². The van der Waals surface area contributed by atoms with Gasteiger partial charge in [0.05, 0.1) is 72.7 Å². The predicted octanol–water partition coefficient (Wildman–Crippen LogP) is -0.00520. The van der Waals surface area contributed by atoms with Crippen molar-refractivity contribution in [3.05, 3.63) is 0 Å². The molecule has 0 heterocycles. The molecule has 0 aliphatic carbocycles. The zero-order chi connectivity index (χ0) is 32.0. The number of methoxy groups -OCH3 is 2. The molecule has 0 aliphatic rings. The van der Waals surface area contributed by atoms with E-state index in [1.54, 1.807) is 21.1 Å². The maximum atomic E-state index is 12.8. The molecular formula is C28H55N3O12. The summed E-state index contributed by atoms with van der Waals surface area (Å²) in [4.78, 5) is 37.3. The fourth-order valence-corrected chi connectivity index (χ4v) is 3.22. The van der Waals surface area contributed by atoms with Gasteiger partial charge in [0.1, 0.15) is 6.04 Å². The first-order valence-electron chi connectivity index (χ1n) is 14.8. The lowest BCUT2D eigenvalue weighted by molar-refractivity contribution is -0.151. The first-order chi connectivity index (χ1) is 20.8. The second-order valence-corrected chi connectivity index (χ2v) is 9.06. The Morgan fingerprint density at radius 3 is 1.79 bits per heavy atom. The molecule has 0 aromatic carbocycles. The average molecular weight is 626 g/mol. The highest BCUT2D eigenvalue weighted by Gasteiger charge is 2.21. The Balaban J connectivity index is 4.20. The number of carbonyl (C=O) groups is 3. The van der Waals surface area contributed by atoms with Crippen molar-refractivity contribution < 1.29 is 57.0 Å². The van der Waals surface area contributed by atoms with Crippen LogP contribution in [-0.4, -0.2) is 143 Å². The molecule has 15 heteroatoms. The molecule has 0 fully saturated rings. The second kappa shape index (κ2) is 30.1. The van der Waals surface area contributed by atoms with Crippen molar-refractivity contribution in [2.24, 2.45) is 0 Å². The molecule has 0 radical (unpaired) electrons. The van der Waals surface area contributed by atoms with Crippen LogP contribution in [0.15, 0.2) is 0 Å². The summed E-state index contributed by atoms with van der Waals surface area (Å²) in [6.45, 7) is 10.5. The number of rotatable bonds is 31. The van der Waals surface area contributed by atoms with E-state index >= 15 is 0 Å². The van der Waals surface area contributed by atoms with Gasteiger partial charge in [-0.1, -0.05) is 0 Å². The molecule has 3 atom stereocenters. The van der Waals surface area contributed by atoms with E-state index < -0.39 is 18.2 Å². The average Bonchev–Trinajstić information content (AvgIpc) is 2.99. The van der Waals surface area contributed by atoms with Gasteiger partial charge < -0.3 is 58.6 Å². The van der Waals surface area contributed by atoms with Crippen LogP contribution >= 0.6 is 0 Å². The van der Waals surface area contributed by atoms with Gasteiger partial charge in [-0.15, -0.1) is 0 Å². The van der Waals surface area contributed by atoms with Crippen molar-refractivity contribution in [2.75, 3.05) is 107 Å². The van der Waals surface area contributed by atoms with E-state index in [-0.39, 0.29) is 57.1 Å². The maximum absolute atomic E-state index is 12.8. The Morgan fingerprint density at radius 2 is 1.16 bits per heavy atom. The van der Waals surface area contributed by atoms with Crippen molar-refractivity contribution >= 4 is 17.7 Å². The Kier molecular flexibility index (Phi) is 28.7. The quantitative estimate of drug-likeness (QED) is 0.0697. The molecule has 15 nitrogen and oxygen atoms in total. The van der Waals surface area contributed by atoms with Gasteiger partial charge in [-0.05, 0) is 27.2 Å². The minimum Gasteiger partial charge on any atom is -0.382 e. The number of amides is 3. The van der Waals surface area contributed by atoms with E-state index in [0.717, 1.165) is 0 Å². The van der Waals surface area contributed by atoms with Gasteiger partial charge in [0.15, 0.2) is 12.6 Å². The van der Waals surface area contributed by atoms with Crippen LogP contribution in [0.2, 0.25) is 0 Å². The number of hydrogen-bond donors (Lipinski definition) is 3. The molecule has 0 rings (SSSR count). The monoisotopic (exact) mass is 625 g/mol. The summed E-state index contributed by atoms with van der Waals surface area (Å²) in [6.07, 6.45) is -0.407. The number of carbonyl (C=O) groups excluding carboxylic acids is 3. The SMILES string of the molecule is CCOCCNC(=O)CCC(NC(=O)CCOCCOC)C(=O)NCCOCCOC(C)OCCOCCOC(C)OC. The Morgan fingerprint density at radius 1 is 0.605 bits per heavy atom. The number of hydrogen-bond acceptors (Lipinski definition) is 12. The lowest BCUT2D eigenvalue weighted by atomic mass is 10.1. The maximum Gasteiger partial charge on any atom is 0.242 e. The molecule has 43 heavy (non-hydrogen) atoms. The van der Waals surface area contributed by atoms with Gasteiger partial charge in [-0.3, -0.25) is 14.4 Å². The summed E-state index contributed by atoms with van der Waals surface area (Å²) >= 11 is 0. The summed E-state index contributed by atoms with van der Waals surface area (Å²) in [6, 6.07) is -0.879. The van der Waals surface area contributed by atoms with Crippen LogP contribution in [0.1, 0.15) is 40.0 Å². The van der Waals surface area contributed by atoms with Gasteiger partial charge in [-0.2, -0.15) is 0 Å². The van der Waals surface area contributed by atoms with Crippen LogP contribution < -0.4 is 16.0 Å². The summed E-state index contributed by atoms with van der Waals surface area (Å²) in [7, 11) is 3.14. The van der Waals surface area contributed by atoms with Crippen molar-refractivity contribution in [3.8, 4) is 0 Å². The van der Waals surface area contributed by atoms with Crippen molar-refractivity contribution in [1.29, 1.82) is 0 Å². The van der Waals surface area contributed by atoms with Crippen LogP contribution in [0.5, 0.6) is 0 Å². The summed E-state index contributed by atoms with van der Waals surface area (Å²) in [5.41, 5.74) is 0. The lowest BCUT2D eigenvalue weighted by Gasteiger charge is -2.19. The van der Waals surface area contributed by atoms with Crippen molar-refractivity contribution in [1.82, 2.24) is 16.0 Å². The molecule has 0 spiro atoms. The molecule has 0 aromatic heterocycles. The van der Waals surface area contributed by atoms with E-state index in [2.05, 4.69) is 16.0 Å². The van der Waals surface area contributed by atoms with Crippen LogP contribution in [0, 0.1) is 0 Å². The molecule has 0 aromatic rings. The first-order valence-corrected chi connectivity index (χ1v) is 14.8. The molecule has 0 bridgehead atoms. The van der Waals surface area contributed by atoms with E-state index in [0.29, 0.717) is 72.6 Å². The molecule has 0 saturated heterocycles. The van der Waals surface area contributed by atoms with E-state index in [9.17, 15) is 14.4 Å². The minimum atomic E-state index is -0.879. The third-order valence-corrected chi connectivity index (χ3v) is 5.61. The smallest absolute Gasteiger partial charge is 0.242 e. The standard InChI is InChI=1S/C28H55N3O12/c1-6-37-13-10-29-26(32)8-7-25(31-27(33)9-12-38-16-15-35-4)28(34)30-11-14-39-17-21-42-24(3)43-22-19-40-18-20-41-23(2)36-5/h23-25H,6-22H2,1-5H3,(H,29,32)(H,30,34)(H,31,33). The highest BCUT2D eigenvalue weighted by atomic mass is 16.7. The highest BCUT2D eigenvalue weighted by molar-refractivity contribution is 5.88. The normalized spacial score (nSPS) is 13.3. The summed E-state index contributed by atoms with van der Waals surface area (Å²) < 4.78 is 47.7. The Labute approximate surface area is 256 Å². The van der Waals surface area contributed by atoms with Gasteiger partial charge in [-0.25, -0.2) is 0 Å². The van der Waals surface area contributed by atoms with E-state index in [1.807, 2.05) is 13.8 Å². The molecule has 3 unspecified atom stereocenters. The summed E-state index contributed by atoms with van der Waals surface area (Å²) in [5.74, 6) is -0.984. The fourth-order valence-electron chi connectivity index (χ4n) is 3.22. The molecule has 0 saturated carbocycles. The summed E-state index contributed by atoms with van der Waals surface area (Å²) in [5, 5.41) is 8.16. The third-order valence-electron chi connectivity index (χ3n) is 5.61. The Bertz CT molecular complexity index is 689. The zero-order valence-corrected chi connectivity index (χ0v) is 26.7.